The van der Waals surface area contributed by atoms with E-state index < -0.39 is 10.0 Å². The highest BCUT2D eigenvalue weighted by Crippen LogP contribution is 2.23. The number of aromatic nitrogens is 2. The van der Waals surface area contributed by atoms with Gasteiger partial charge in [0.25, 0.3) is 0 Å². The molecule has 0 aliphatic carbocycles. The Morgan fingerprint density at radius 2 is 2.07 bits per heavy atom. The zero-order valence-electron chi connectivity index (χ0n) is 17.6. The number of morpholine rings is 1. The molecule has 160 valence electrons. The van der Waals surface area contributed by atoms with Crippen molar-refractivity contribution < 1.29 is 17.9 Å². The summed E-state index contributed by atoms with van der Waals surface area (Å²) in [5.41, 5.74) is 1.51. The molecule has 1 aromatic heterocycles. The normalized spacial score (nSPS) is 18.0. The largest absolute Gasteiger partial charge is 0.375 e. The van der Waals surface area contributed by atoms with Gasteiger partial charge in [0.15, 0.2) is 0 Å². The van der Waals surface area contributed by atoms with Crippen LogP contribution in [0.25, 0.3) is 11.0 Å². The SMILES string of the molecule is CCC1CN(C(=O)CCc2nc3cc(S(=O)(=O)N(C)C)ccc3n2CC)CCO1. The van der Waals surface area contributed by atoms with Gasteiger partial charge < -0.3 is 14.2 Å². The molecule has 0 N–H and O–H groups in total. The molecule has 1 aliphatic heterocycles. The van der Waals surface area contributed by atoms with Gasteiger partial charge >= 0.3 is 0 Å². The monoisotopic (exact) mass is 422 g/mol. The fourth-order valence-electron chi connectivity index (χ4n) is 3.64. The minimum atomic E-state index is -3.52. The zero-order chi connectivity index (χ0) is 21.2. The number of amides is 1. The zero-order valence-corrected chi connectivity index (χ0v) is 18.4. The quantitative estimate of drug-likeness (QED) is 0.680. The number of carbonyl (C=O) groups is 1. The van der Waals surface area contributed by atoms with Crippen LogP contribution in [0.2, 0.25) is 0 Å². The van der Waals surface area contributed by atoms with Gasteiger partial charge in [-0.05, 0) is 31.5 Å². The molecule has 0 radical (unpaired) electrons. The number of aryl methyl sites for hydroxylation is 2. The van der Waals surface area contributed by atoms with Gasteiger partial charge in [-0.1, -0.05) is 6.92 Å². The molecular formula is C20H30N4O4S. The summed E-state index contributed by atoms with van der Waals surface area (Å²) in [5.74, 6) is 0.910. The molecule has 2 aromatic rings. The van der Waals surface area contributed by atoms with Gasteiger partial charge in [-0.3, -0.25) is 4.79 Å². The van der Waals surface area contributed by atoms with Crippen LogP contribution in [0, 0.1) is 0 Å². The van der Waals surface area contributed by atoms with E-state index in [1.807, 2.05) is 16.4 Å². The van der Waals surface area contributed by atoms with Crippen molar-refractivity contribution in [1.29, 1.82) is 0 Å². The lowest BCUT2D eigenvalue weighted by Crippen LogP contribution is -2.45. The Labute approximate surface area is 172 Å². The van der Waals surface area contributed by atoms with Crippen LogP contribution in [0.15, 0.2) is 23.1 Å². The second kappa shape index (κ2) is 8.81. The summed E-state index contributed by atoms with van der Waals surface area (Å²) >= 11 is 0. The molecule has 3 rings (SSSR count). The first-order valence-electron chi connectivity index (χ1n) is 10.1. The number of ether oxygens (including phenoxy) is 1. The average molecular weight is 423 g/mol. The van der Waals surface area contributed by atoms with Crippen molar-refractivity contribution in [2.45, 2.75) is 50.7 Å². The van der Waals surface area contributed by atoms with E-state index in [-0.39, 0.29) is 16.9 Å². The molecule has 1 aliphatic rings. The third-order valence-electron chi connectivity index (χ3n) is 5.40. The Bertz CT molecular complexity index is 984. The molecule has 1 saturated heterocycles. The van der Waals surface area contributed by atoms with Gasteiger partial charge in [-0.25, -0.2) is 17.7 Å². The Morgan fingerprint density at radius 3 is 2.72 bits per heavy atom. The first-order valence-corrected chi connectivity index (χ1v) is 11.5. The summed E-state index contributed by atoms with van der Waals surface area (Å²) in [6.45, 7) is 6.64. The number of benzene rings is 1. The summed E-state index contributed by atoms with van der Waals surface area (Å²) in [5, 5.41) is 0. The highest BCUT2D eigenvalue weighted by atomic mass is 32.2. The van der Waals surface area contributed by atoms with Gasteiger partial charge in [0.05, 0.1) is 28.6 Å². The van der Waals surface area contributed by atoms with E-state index in [4.69, 9.17) is 4.74 Å². The summed E-state index contributed by atoms with van der Waals surface area (Å²) in [6.07, 6.45) is 1.91. The Kier molecular flexibility index (Phi) is 6.60. The van der Waals surface area contributed by atoms with Crippen LogP contribution in [0.1, 0.15) is 32.5 Å². The smallest absolute Gasteiger partial charge is 0.242 e. The number of imidazole rings is 1. The van der Waals surface area contributed by atoms with Crippen LogP contribution in [0.4, 0.5) is 0 Å². The van der Waals surface area contributed by atoms with Crippen LogP contribution in [-0.4, -0.2) is 73.0 Å². The number of hydrogen-bond acceptors (Lipinski definition) is 5. The molecular weight excluding hydrogens is 392 g/mol. The molecule has 1 amide bonds. The standard InChI is InChI=1S/C20H30N4O4S/c1-5-15-14-23(11-12-28-15)20(25)10-9-19-21-17-13-16(29(26,27)22(3)4)7-8-18(17)24(19)6-2/h7-8,13,15H,5-6,9-12,14H2,1-4H3. The number of rotatable bonds is 7. The van der Waals surface area contributed by atoms with Gasteiger partial charge in [0.2, 0.25) is 15.9 Å². The van der Waals surface area contributed by atoms with Crippen molar-refractivity contribution in [2.75, 3.05) is 33.8 Å². The molecule has 1 aromatic carbocycles. The molecule has 0 bridgehead atoms. The first kappa shape index (κ1) is 21.7. The summed E-state index contributed by atoms with van der Waals surface area (Å²) in [4.78, 5) is 19.4. The van der Waals surface area contributed by atoms with Gasteiger partial charge in [-0.2, -0.15) is 0 Å². The molecule has 2 heterocycles. The highest BCUT2D eigenvalue weighted by molar-refractivity contribution is 7.89. The van der Waals surface area contributed by atoms with Crippen molar-refractivity contribution in [3.05, 3.63) is 24.0 Å². The molecule has 1 atom stereocenters. The lowest BCUT2D eigenvalue weighted by Gasteiger charge is -2.32. The maximum absolute atomic E-state index is 12.7. The number of carbonyl (C=O) groups excluding carboxylic acids is 1. The van der Waals surface area contributed by atoms with E-state index in [9.17, 15) is 13.2 Å². The maximum Gasteiger partial charge on any atom is 0.242 e. The maximum atomic E-state index is 12.7. The second-order valence-corrected chi connectivity index (χ2v) is 9.60. The minimum Gasteiger partial charge on any atom is -0.375 e. The summed E-state index contributed by atoms with van der Waals surface area (Å²) in [7, 11) is -0.496. The molecule has 9 heteroatoms. The number of hydrogen-bond donors (Lipinski definition) is 0. The molecule has 0 spiro atoms. The van der Waals surface area contributed by atoms with Crippen LogP contribution in [0.3, 0.4) is 0 Å². The number of sulfonamides is 1. The predicted octanol–water partition coefficient (Wildman–Crippen LogP) is 1.88. The summed E-state index contributed by atoms with van der Waals surface area (Å²) in [6, 6.07) is 5.01. The summed E-state index contributed by atoms with van der Waals surface area (Å²) < 4.78 is 33.7. The van der Waals surface area contributed by atoms with Crippen molar-refractivity contribution in [2.24, 2.45) is 0 Å². The van der Waals surface area contributed by atoms with Crippen LogP contribution in [-0.2, 0) is 32.5 Å². The molecule has 8 nitrogen and oxygen atoms in total. The Hall–Kier alpha value is -1.97. The van der Waals surface area contributed by atoms with Crippen molar-refractivity contribution >= 4 is 27.0 Å². The fourth-order valence-corrected chi connectivity index (χ4v) is 4.57. The average Bonchev–Trinajstić information content (AvgIpc) is 3.08. The van der Waals surface area contributed by atoms with E-state index in [2.05, 4.69) is 11.9 Å². The first-order chi connectivity index (χ1) is 13.8. The molecule has 1 fully saturated rings. The van der Waals surface area contributed by atoms with Gasteiger partial charge in [0.1, 0.15) is 5.82 Å². The van der Waals surface area contributed by atoms with Crippen LogP contribution < -0.4 is 0 Å². The molecule has 0 saturated carbocycles. The van der Waals surface area contributed by atoms with Crippen LogP contribution in [0.5, 0.6) is 0 Å². The highest BCUT2D eigenvalue weighted by Gasteiger charge is 2.24. The second-order valence-electron chi connectivity index (χ2n) is 7.45. The lowest BCUT2D eigenvalue weighted by atomic mass is 10.2. The van der Waals surface area contributed by atoms with E-state index in [0.29, 0.717) is 44.6 Å². The Balaban J connectivity index is 1.79. The van der Waals surface area contributed by atoms with E-state index in [1.165, 1.54) is 18.4 Å². The van der Waals surface area contributed by atoms with E-state index in [0.717, 1.165) is 17.8 Å². The van der Waals surface area contributed by atoms with E-state index in [1.54, 1.807) is 18.2 Å². The lowest BCUT2D eigenvalue weighted by molar-refractivity contribution is -0.138. The van der Waals surface area contributed by atoms with Crippen molar-refractivity contribution in [3.63, 3.8) is 0 Å². The minimum absolute atomic E-state index is 0.109. The predicted molar refractivity (Wildman–Crippen MR) is 111 cm³/mol. The van der Waals surface area contributed by atoms with Gasteiger partial charge in [0, 0.05) is 46.6 Å². The molecule has 29 heavy (non-hydrogen) atoms. The van der Waals surface area contributed by atoms with E-state index >= 15 is 0 Å². The third-order valence-corrected chi connectivity index (χ3v) is 7.21. The number of fused-ring (bicyclic) bond motifs is 1. The number of nitrogens with zero attached hydrogens (tertiary/aromatic N) is 4. The molecule has 1 unspecified atom stereocenters. The van der Waals surface area contributed by atoms with Crippen molar-refractivity contribution in [1.82, 2.24) is 18.8 Å². The topological polar surface area (TPSA) is 84.7 Å². The fraction of sp³-hybridized carbons (Fsp3) is 0.600. The van der Waals surface area contributed by atoms with Crippen LogP contribution >= 0.6 is 0 Å². The van der Waals surface area contributed by atoms with Crippen molar-refractivity contribution in [3.8, 4) is 0 Å². The van der Waals surface area contributed by atoms with Gasteiger partial charge in [-0.15, -0.1) is 0 Å². The third kappa shape index (κ3) is 4.46. The Morgan fingerprint density at radius 1 is 1.31 bits per heavy atom.